The second kappa shape index (κ2) is 7.50. The minimum Gasteiger partial charge on any atom is -0.480 e. The molecule has 1 fully saturated rings. The van der Waals surface area contributed by atoms with Crippen molar-refractivity contribution >= 4 is 12.0 Å². The summed E-state index contributed by atoms with van der Waals surface area (Å²) in [5, 5.41) is 14.3. The lowest BCUT2D eigenvalue weighted by molar-refractivity contribution is -0.139. The first-order valence-corrected chi connectivity index (χ1v) is 7.66. The second-order valence-corrected chi connectivity index (χ2v) is 6.43. The van der Waals surface area contributed by atoms with Crippen LogP contribution in [0, 0.1) is 11.3 Å². The van der Waals surface area contributed by atoms with Gasteiger partial charge in [0.1, 0.15) is 6.04 Å². The number of aliphatic carboxylic acids is 1. The third-order valence-corrected chi connectivity index (χ3v) is 4.14. The van der Waals surface area contributed by atoms with Crippen LogP contribution in [-0.2, 0) is 4.79 Å². The number of carboxylic acids is 1. The zero-order valence-corrected chi connectivity index (χ0v) is 12.9. The Morgan fingerprint density at radius 1 is 1.25 bits per heavy atom. The smallest absolute Gasteiger partial charge is 0.326 e. The van der Waals surface area contributed by atoms with Crippen LogP contribution in [0.2, 0.25) is 0 Å². The normalized spacial score (nSPS) is 18.8. The van der Waals surface area contributed by atoms with Crippen LogP contribution in [0.1, 0.15) is 59.3 Å². The van der Waals surface area contributed by atoms with Crippen molar-refractivity contribution in [2.75, 3.05) is 6.54 Å². The molecule has 1 atom stereocenters. The van der Waals surface area contributed by atoms with Gasteiger partial charge in [-0.25, -0.2) is 9.59 Å². The highest BCUT2D eigenvalue weighted by molar-refractivity contribution is 5.82. The van der Waals surface area contributed by atoms with Crippen molar-refractivity contribution in [3.8, 4) is 0 Å². The van der Waals surface area contributed by atoms with E-state index in [0.717, 1.165) is 19.3 Å². The van der Waals surface area contributed by atoms with Gasteiger partial charge in [0.15, 0.2) is 0 Å². The average Bonchev–Trinajstić information content (AvgIpc) is 2.81. The van der Waals surface area contributed by atoms with Gasteiger partial charge in [0.05, 0.1) is 0 Å². The Morgan fingerprint density at radius 2 is 1.85 bits per heavy atom. The number of carbonyl (C=O) groups is 2. The first-order chi connectivity index (χ1) is 9.38. The highest BCUT2D eigenvalue weighted by atomic mass is 16.4. The number of carbonyl (C=O) groups excluding carboxylic acids is 1. The van der Waals surface area contributed by atoms with Crippen molar-refractivity contribution in [3.63, 3.8) is 0 Å². The predicted octanol–water partition coefficient (Wildman–Crippen LogP) is 2.76. The van der Waals surface area contributed by atoms with Crippen molar-refractivity contribution in [2.24, 2.45) is 11.3 Å². The van der Waals surface area contributed by atoms with E-state index in [9.17, 15) is 9.59 Å². The van der Waals surface area contributed by atoms with Crippen molar-refractivity contribution in [3.05, 3.63) is 0 Å². The third-order valence-electron chi connectivity index (χ3n) is 4.14. The molecule has 20 heavy (non-hydrogen) atoms. The Balaban J connectivity index is 2.47. The molecule has 0 radical (unpaired) electrons. The lowest BCUT2D eigenvalue weighted by Gasteiger charge is -2.31. The zero-order chi connectivity index (χ0) is 15.2. The SMILES string of the molecule is CC[C@@H](NC(=O)NCC1(CC(C)C)CCCC1)C(=O)O. The molecule has 0 aromatic rings. The van der Waals surface area contributed by atoms with Gasteiger partial charge < -0.3 is 15.7 Å². The monoisotopic (exact) mass is 284 g/mol. The molecule has 0 aromatic carbocycles. The zero-order valence-electron chi connectivity index (χ0n) is 12.9. The van der Waals surface area contributed by atoms with Gasteiger partial charge in [-0.15, -0.1) is 0 Å². The Bertz CT molecular complexity index is 336. The molecule has 0 unspecified atom stereocenters. The predicted molar refractivity (Wildman–Crippen MR) is 78.6 cm³/mol. The van der Waals surface area contributed by atoms with E-state index in [1.54, 1.807) is 6.92 Å². The topological polar surface area (TPSA) is 78.4 Å². The lowest BCUT2D eigenvalue weighted by atomic mass is 9.78. The molecule has 1 rings (SSSR count). The number of nitrogens with one attached hydrogen (secondary N) is 2. The van der Waals surface area contributed by atoms with Crippen molar-refractivity contribution < 1.29 is 14.7 Å². The maximum absolute atomic E-state index is 11.8. The molecular weight excluding hydrogens is 256 g/mol. The second-order valence-electron chi connectivity index (χ2n) is 6.43. The van der Waals surface area contributed by atoms with Crippen LogP contribution in [0.5, 0.6) is 0 Å². The molecule has 5 nitrogen and oxygen atoms in total. The van der Waals surface area contributed by atoms with Crippen LogP contribution in [0.15, 0.2) is 0 Å². The molecular formula is C15H28N2O3. The van der Waals surface area contributed by atoms with Crippen LogP contribution in [-0.4, -0.2) is 29.7 Å². The van der Waals surface area contributed by atoms with Crippen LogP contribution in [0.3, 0.4) is 0 Å². The third kappa shape index (κ3) is 5.02. The Labute approximate surface area is 121 Å². The molecule has 0 spiro atoms. The molecule has 1 saturated carbocycles. The molecule has 0 aliphatic heterocycles. The number of hydrogen-bond donors (Lipinski definition) is 3. The van der Waals surface area contributed by atoms with Crippen molar-refractivity contribution in [1.82, 2.24) is 10.6 Å². The van der Waals surface area contributed by atoms with E-state index in [0.29, 0.717) is 18.9 Å². The van der Waals surface area contributed by atoms with Gasteiger partial charge in [-0.2, -0.15) is 0 Å². The Kier molecular flexibility index (Phi) is 6.30. The Morgan fingerprint density at radius 3 is 2.30 bits per heavy atom. The first kappa shape index (κ1) is 16.8. The van der Waals surface area contributed by atoms with E-state index in [2.05, 4.69) is 24.5 Å². The van der Waals surface area contributed by atoms with Gasteiger partial charge in [0.2, 0.25) is 0 Å². The number of hydrogen-bond acceptors (Lipinski definition) is 2. The maximum Gasteiger partial charge on any atom is 0.326 e. The largest absolute Gasteiger partial charge is 0.480 e. The summed E-state index contributed by atoms with van der Waals surface area (Å²) in [5.41, 5.74) is 0.205. The quantitative estimate of drug-likeness (QED) is 0.672. The minimum absolute atomic E-state index is 0.205. The fourth-order valence-corrected chi connectivity index (χ4v) is 3.26. The number of urea groups is 1. The van der Waals surface area contributed by atoms with Gasteiger partial charge >= 0.3 is 12.0 Å². The van der Waals surface area contributed by atoms with Gasteiger partial charge in [-0.1, -0.05) is 33.6 Å². The summed E-state index contributed by atoms with van der Waals surface area (Å²) < 4.78 is 0. The molecule has 1 aliphatic carbocycles. The summed E-state index contributed by atoms with van der Waals surface area (Å²) in [4.78, 5) is 22.7. The van der Waals surface area contributed by atoms with E-state index >= 15 is 0 Å². The molecule has 1 aliphatic rings. The van der Waals surface area contributed by atoms with Crippen LogP contribution in [0.4, 0.5) is 4.79 Å². The first-order valence-electron chi connectivity index (χ1n) is 7.66. The molecule has 2 amide bonds. The van der Waals surface area contributed by atoms with Gasteiger partial charge in [-0.3, -0.25) is 0 Å². The van der Waals surface area contributed by atoms with E-state index in [1.165, 1.54) is 12.8 Å². The van der Waals surface area contributed by atoms with Gasteiger partial charge in [0.25, 0.3) is 0 Å². The van der Waals surface area contributed by atoms with E-state index in [4.69, 9.17) is 5.11 Å². The number of amides is 2. The Hall–Kier alpha value is -1.26. The fraction of sp³-hybridized carbons (Fsp3) is 0.867. The van der Waals surface area contributed by atoms with Crippen molar-refractivity contribution in [2.45, 2.75) is 65.3 Å². The maximum atomic E-state index is 11.8. The summed E-state index contributed by atoms with van der Waals surface area (Å²) in [5.74, 6) is -0.374. The van der Waals surface area contributed by atoms with Crippen molar-refractivity contribution in [1.29, 1.82) is 0 Å². The lowest BCUT2D eigenvalue weighted by Crippen LogP contribution is -2.48. The molecule has 0 bridgehead atoms. The highest BCUT2D eigenvalue weighted by Crippen LogP contribution is 2.42. The molecule has 116 valence electrons. The molecule has 0 saturated heterocycles. The van der Waals surface area contributed by atoms with Crippen LogP contribution in [0.25, 0.3) is 0 Å². The minimum atomic E-state index is -0.986. The molecule has 3 N–H and O–H groups in total. The molecule has 0 heterocycles. The summed E-state index contributed by atoms with van der Waals surface area (Å²) in [6.07, 6.45) is 6.26. The van der Waals surface area contributed by atoms with E-state index in [-0.39, 0.29) is 11.4 Å². The fourth-order valence-electron chi connectivity index (χ4n) is 3.26. The van der Waals surface area contributed by atoms with E-state index < -0.39 is 12.0 Å². The summed E-state index contributed by atoms with van der Waals surface area (Å²) in [7, 11) is 0. The summed E-state index contributed by atoms with van der Waals surface area (Å²) in [6.45, 7) is 6.80. The van der Waals surface area contributed by atoms with Gasteiger partial charge in [-0.05, 0) is 37.0 Å². The van der Waals surface area contributed by atoms with E-state index in [1.807, 2.05) is 0 Å². The molecule has 0 aromatic heterocycles. The van der Waals surface area contributed by atoms with Crippen LogP contribution < -0.4 is 10.6 Å². The standard InChI is InChI=1S/C15H28N2O3/c1-4-12(13(18)19)17-14(20)16-10-15(9-11(2)3)7-5-6-8-15/h11-12H,4-10H2,1-3H3,(H,18,19)(H2,16,17,20)/t12-/m1/s1. The summed E-state index contributed by atoms with van der Waals surface area (Å²) >= 11 is 0. The van der Waals surface area contributed by atoms with Gasteiger partial charge in [0, 0.05) is 6.54 Å². The highest BCUT2D eigenvalue weighted by Gasteiger charge is 2.34. The molecule has 5 heteroatoms. The summed E-state index contributed by atoms with van der Waals surface area (Å²) in [6, 6.07) is -1.17. The van der Waals surface area contributed by atoms with Crippen LogP contribution >= 0.6 is 0 Å². The number of carboxylic acid groups (broad SMARTS) is 1. The average molecular weight is 284 g/mol. The number of rotatable bonds is 7.